The summed E-state index contributed by atoms with van der Waals surface area (Å²) in [4.78, 5) is 28.4. The first kappa shape index (κ1) is 13.3. The van der Waals surface area contributed by atoms with E-state index in [-0.39, 0.29) is 19.7 Å². The van der Waals surface area contributed by atoms with Crippen LogP contribution < -0.4 is 5.32 Å². The average Bonchev–Trinajstić information content (AvgIpc) is 2.81. The van der Waals surface area contributed by atoms with Crippen LogP contribution in [0.25, 0.3) is 0 Å². The maximum atomic E-state index is 12.0. The number of carboxylic acids is 1. The predicted molar refractivity (Wildman–Crippen MR) is 64.4 cm³/mol. The highest BCUT2D eigenvalue weighted by Crippen LogP contribution is 2.07. The van der Waals surface area contributed by atoms with Crippen molar-refractivity contribution in [2.75, 3.05) is 19.8 Å². The van der Waals surface area contributed by atoms with Gasteiger partial charge in [-0.25, -0.2) is 14.6 Å². The number of carbonyl (C=O) groups is 2. The van der Waals surface area contributed by atoms with Crippen LogP contribution in [0.15, 0.2) is 12.4 Å². The SMILES string of the molecule is Cn1ccnc1CNC(=O)N1CCOCC1C(=O)O. The van der Waals surface area contributed by atoms with Crippen molar-refractivity contribution in [2.24, 2.45) is 7.05 Å². The van der Waals surface area contributed by atoms with Gasteiger partial charge < -0.3 is 24.6 Å². The molecule has 104 valence electrons. The molecule has 0 aromatic carbocycles. The first-order valence-electron chi connectivity index (χ1n) is 5.91. The van der Waals surface area contributed by atoms with E-state index in [1.54, 1.807) is 17.0 Å². The van der Waals surface area contributed by atoms with Gasteiger partial charge in [-0.05, 0) is 0 Å². The van der Waals surface area contributed by atoms with Crippen molar-refractivity contribution < 1.29 is 19.4 Å². The van der Waals surface area contributed by atoms with Gasteiger partial charge in [0.1, 0.15) is 5.82 Å². The first-order chi connectivity index (χ1) is 9.09. The number of ether oxygens (including phenoxy) is 1. The Bertz CT molecular complexity index is 473. The molecule has 0 saturated carbocycles. The van der Waals surface area contributed by atoms with Crippen LogP contribution in [0, 0.1) is 0 Å². The topological polar surface area (TPSA) is 96.7 Å². The molecule has 1 aromatic heterocycles. The third-order valence-corrected chi connectivity index (χ3v) is 2.99. The van der Waals surface area contributed by atoms with Gasteiger partial charge in [-0.3, -0.25) is 0 Å². The van der Waals surface area contributed by atoms with E-state index in [2.05, 4.69) is 10.3 Å². The van der Waals surface area contributed by atoms with Crippen molar-refractivity contribution in [3.63, 3.8) is 0 Å². The molecule has 1 unspecified atom stereocenters. The Balaban J connectivity index is 1.94. The van der Waals surface area contributed by atoms with Crippen LogP contribution in [0.3, 0.4) is 0 Å². The minimum absolute atomic E-state index is 0.0190. The molecule has 2 heterocycles. The fraction of sp³-hybridized carbons (Fsp3) is 0.545. The highest BCUT2D eigenvalue weighted by Gasteiger charge is 2.32. The number of aromatic nitrogens is 2. The molecule has 8 nitrogen and oxygen atoms in total. The number of carbonyl (C=O) groups excluding carboxylic acids is 1. The highest BCUT2D eigenvalue weighted by atomic mass is 16.5. The van der Waals surface area contributed by atoms with Crippen LogP contribution in [-0.2, 0) is 23.1 Å². The molecule has 2 rings (SSSR count). The average molecular weight is 268 g/mol. The molecule has 1 fully saturated rings. The van der Waals surface area contributed by atoms with Gasteiger partial charge >= 0.3 is 12.0 Å². The second-order valence-electron chi connectivity index (χ2n) is 4.24. The van der Waals surface area contributed by atoms with E-state index in [1.807, 2.05) is 7.05 Å². The molecule has 1 atom stereocenters. The second kappa shape index (κ2) is 5.70. The largest absolute Gasteiger partial charge is 0.480 e. The smallest absolute Gasteiger partial charge is 0.328 e. The summed E-state index contributed by atoms with van der Waals surface area (Å²) >= 11 is 0. The predicted octanol–water partition coefficient (Wildman–Crippen LogP) is -0.585. The van der Waals surface area contributed by atoms with Crippen LogP contribution in [0.2, 0.25) is 0 Å². The zero-order valence-electron chi connectivity index (χ0n) is 10.6. The number of morpholine rings is 1. The molecular formula is C11H16N4O4. The van der Waals surface area contributed by atoms with E-state index < -0.39 is 18.0 Å². The molecule has 1 aliphatic rings. The minimum Gasteiger partial charge on any atom is -0.480 e. The third kappa shape index (κ3) is 3.02. The number of imidazole rings is 1. The number of aliphatic carboxylic acids is 1. The van der Waals surface area contributed by atoms with Gasteiger partial charge in [0.15, 0.2) is 6.04 Å². The van der Waals surface area contributed by atoms with Crippen LogP contribution >= 0.6 is 0 Å². The number of urea groups is 1. The van der Waals surface area contributed by atoms with Gasteiger partial charge in [0.2, 0.25) is 0 Å². The van der Waals surface area contributed by atoms with Crippen molar-refractivity contribution in [1.82, 2.24) is 19.8 Å². The van der Waals surface area contributed by atoms with Crippen molar-refractivity contribution >= 4 is 12.0 Å². The fourth-order valence-corrected chi connectivity index (χ4v) is 1.87. The molecule has 1 aromatic rings. The van der Waals surface area contributed by atoms with Crippen LogP contribution in [0.5, 0.6) is 0 Å². The zero-order valence-corrected chi connectivity index (χ0v) is 10.6. The zero-order chi connectivity index (χ0) is 13.8. The summed E-state index contributed by atoms with van der Waals surface area (Å²) in [6.07, 6.45) is 3.41. The van der Waals surface area contributed by atoms with E-state index in [1.165, 1.54) is 4.90 Å². The molecule has 1 aliphatic heterocycles. The van der Waals surface area contributed by atoms with Gasteiger partial charge in [-0.1, -0.05) is 0 Å². The number of nitrogens with zero attached hydrogens (tertiary/aromatic N) is 3. The van der Waals surface area contributed by atoms with Crippen LogP contribution in [-0.4, -0.2) is 57.4 Å². The van der Waals surface area contributed by atoms with Crippen molar-refractivity contribution in [2.45, 2.75) is 12.6 Å². The second-order valence-corrected chi connectivity index (χ2v) is 4.24. The molecule has 0 spiro atoms. The van der Waals surface area contributed by atoms with Crippen molar-refractivity contribution in [3.05, 3.63) is 18.2 Å². The number of hydrogen-bond acceptors (Lipinski definition) is 4. The molecule has 19 heavy (non-hydrogen) atoms. The fourth-order valence-electron chi connectivity index (χ4n) is 1.87. The van der Waals surface area contributed by atoms with E-state index >= 15 is 0 Å². The molecule has 0 aliphatic carbocycles. The first-order valence-corrected chi connectivity index (χ1v) is 5.91. The lowest BCUT2D eigenvalue weighted by Gasteiger charge is -2.32. The molecule has 0 radical (unpaired) electrons. The van der Waals surface area contributed by atoms with Crippen LogP contribution in [0.4, 0.5) is 4.79 Å². The number of aryl methyl sites for hydroxylation is 1. The number of nitrogens with one attached hydrogen (secondary N) is 1. The van der Waals surface area contributed by atoms with Gasteiger partial charge in [-0.15, -0.1) is 0 Å². The van der Waals surface area contributed by atoms with E-state index in [9.17, 15) is 9.59 Å². The third-order valence-electron chi connectivity index (χ3n) is 2.99. The summed E-state index contributed by atoms with van der Waals surface area (Å²) in [6.45, 7) is 0.889. The van der Waals surface area contributed by atoms with Crippen LogP contribution in [0.1, 0.15) is 5.82 Å². The van der Waals surface area contributed by atoms with Gasteiger partial charge in [0, 0.05) is 26.0 Å². The van der Waals surface area contributed by atoms with E-state index in [0.29, 0.717) is 12.4 Å². The quantitative estimate of drug-likeness (QED) is 0.764. The number of carboxylic acid groups (broad SMARTS) is 1. The lowest BCUT2D eigenvalue weighted by Crippen LogP contribution is -2.55. The van der Waals surface area contributed by atoms with E-state index in [0.717, 1.165) is 0 Å². The molecule has 1 saturated heterocycles. The Morgan fingerprint density at radius 3 is 3.05 bits per heavy atom. The normalized spacial score (nSPS) is 19.2. The summed E-state index contributed by atoms with van der Waals surface area (Å²) < 4.78 is 6.86. The summed E-state index contributed by atoms with van der Waals surface area (Å²) in [5, 5.41) is 11.7. The Labute approximate surface area is 110 Å². The van der Waals surface area contributed by atoms with Gasteiger partial charge in [0.25, 0.3) is 0 Å². The number of amides is 2. The maximum absolute atomic E-state index is 12.0. The standard InChI is InChI=1S/C11H16N4O4/c1-14-3-2-12-9(14)6-13-11(18)15-4-5-19-7-8(15)10(16)17/h2-3,8H,4-7H2,1H3,(H,13,18)(H,16,17). The van der Waals surface area contributed by atoms with Gasteiger partial charge in [-0.2, -0.15) is 0 Å². The molecular weight excluding hydrogens is 252 g/mol. The Hall–Kier alpha value is -2.09. The monoisotopic (exact) mass is 268 g/mol. The summed E-state index contributed by atoms with van der Waals surface area (Å²) in [5.74, 6) is -0.361. The van der Waals surface area contributed by atoms with Crippen molar-refractivity contribution in [3.8, 4) is 0 Å². The lowest BCUT2D eigenvalue weighted by molar-refractivity contribution is -0.147. The Morgan fingerprint density at radius 2 is 2.42 bits per heavy atom. The molecule has 2 amide bonds. The lowest BCUT2D eigenvalue weighted by atomic mass is 10.2. The van der Waals surface area contributed by atoms with E-state index in [4.69, 9.17) is 9.84 Å². The minimum atomic E-state index is -1.06. The highest BCUT2D eigenvalue weighted by molar-refractivity contribution is 5.82. The Morgan fingerprint density at radius 1 is 1.63 bits per heavy atom. The summed E-state index contributed by atoms with van der Waals surface area (Å²) in [6, 6.07) is -1.35. The number of hydrogen-bond donors (Lipinski definition) is 2. The summed E-state index contributed by atoms with van der Waals surface area (Å²) in [7, 11) is 1.82. The van der Waals surface area contributed by atoms with Gasteiger partial charge in [0.05, 0.1) is 19.8 Å². The summed E-state index contributed by atoms with van der Waals surface area (Å²) in [5.41, 5.74) is 0. The molecule has 0 bridgehead atoms. The number of rotatable bonds is 3. The Kier molecular flexibility index (Phi) is 4.00. The van der Waals surface area contributed by atoms with Crippen molar-refractivity contribution in [1.29, 1.82) is 0 Å². The maximum Gasteiger partial charge on any atom is 0.328 e. The molecule has 2 N–H and O–H groups in total. The molecule has 8 heteroatoms.